The number of thioether (sulfide) groups is 1. The number of hydrogen-bond acceptors (Lipinski definition) is 5. The molecule has 0 spiro atoms. The van der Waals surface area contributed by atoms with Gasteiger partial charge in [-0.25, -0.2) is 0 Å². The molecule has 1 aliphatic carbocycles. The van der Waals surface area contributed by atoms with Crippen LogP contribution in [0.4, 0.5) is 5.69 Å². The van der Waals surface area contributed by atoms with Crippen LogP contribution >= 0.6 is 11.8 Å². The number of benzene rings is 2. The van der Waals surface area contributed by atoms with Crippen molar-refractivity contribution in [3.63, 3.8) is 0 Å². The molecule has 6 nitrogen and oxygen atoms in total. The Kier molecular flexibility index (Phi) is 5.49. The van der Waals surface area contributed by atoms with E-state index in [0.29, 0.717) is 22.3 Å². The average Bonchev–Trinajstić information content (AvgIpc) is 3.49. The van der Waals surface area contributed by atoms with Crippen LogP contribution < -0.4 is 5.32 Å². The molecule has 1 N–H and O–H groups in total. The standard InChI is InChI=1S/C22H22N4O2S/c1-14(27)18-10-6-7-11-19(18)23-21(28)15(2)29-22-25-24-20(16-12-13-16)26(22)17-8-4-3-5-9-17/h3-11,15-16H,12-13H2,1-2H3,(H,23,28)/t15-/m0/s1. The predicted molar refractivity (Wildman–Crippen MR) is 114 cm³/mol. The van der Waals surface area contributed by atoms with Crippen LogP contribution in [0.25, 0.3) is 5.69 Å². The monoisotopic (exact) mass is 406 g/mol. The van der Waals surface area contributed by atoms with Gasteiger partial charge in [0.15, 0.2) is 10.9 Å². The fraction of sp³-hybridized carbons (Fsp3) is 0.273. The van der Waals surface area contributed by atoms with Gasteiger partial charge in [-0.3, -0.25) is 14.2 Å². The minimum atomic E-state index is -0.409. The Bertz CT molecular complexity index is 1040. The molecule has 148 valence electrons. The number of ketones is 1. The Balaban J connectivity index is 1.55. The van der Waals surface area contributed by atoms with Crippen molar-refractivity contribution < 1.29 is 9.59 Å². The SMILES string of the molecule is CC(=O)c1ccccc1NC(=O)[C@H](C)Sc1nnc(C2CC2)n1-c1ccccc1. The molecule has 4 rings (SSSR count). The molecule has 1 saturated carbocycles. The van der Waals surface area contributed by atoms with Crippen molar-refractivity contribution in [3.8, 4) is 5.69 Å². The van der Waals surface area contributed by atoms with Gasteiger partial charge in [-0.1, -0.05) is 42.1 Å². The highest BCUT2D eigenvalue weighted by Gasteiger charge is 2.32. The summed E-state index contributed by atoms with van der Waals surface area (Å²) in [6, 6.07) is 17.0. The zero-order valence-corrected chi connectivity index (χ0v) is 17.1. The number of carbonyl (C=O) groups is 2. The van der Waals surface area contributed by atoms with Crippen LogP contribution in [0.5, 0.6) is 0 Å². The topological polar surface area (TPSA) is 76.9 Å². The van der Waals surface area contributed by atoms with Crippen molar-refractivity contribution >= 4 is 29.1 Å². The number of anilines is 1. The number of nitrogens with one attached hydrogen (secondary N) is 1. The van der Waals surface area contributed by atoms with Crippen molar-refractivity contribution in [1.82, 2.24) is 14.8 Å². The number of nitrogens with zero attached hydrogens (tertiary/aromatic N) is 3. The van der Waals surface area contributed by atoms with E-state index in [4.69, 9.17) is 0 Å². The lowest BCUT2D eigenvalue weighted by Gasteiger charge is -2.15. The normalized spacial score (nSPS) is 14.4. The largest absolute Gasteiger partial charge is 0.324 e. The molecule has 29 heavy (non-hydrogen) atoms. The second-order valence-corrected chi connectivity index (χ2v) is 8.45. The summed E-state index contributed by atoms with van der Waals surface area (Å²) in [6.45, 7) is 3.32. The molecule has 1 heterocycles. The van der Waals surface area contributed by atoms with Gasteiger partial charge in [0.25, 0.3) is 0 Å². The number of hydrogen-bond donors (Lipinski definition) is 1. The zero-order valence-electron chi connectivity index (χ0n) is 16.3. The van der Waals surface area contributed by atoms with Crippen molar-refractivity contribution in [2.24, 2.45) is 0 Å². The Hall–Kier alpha value is -2.93. The first-order chi connectivity index (χ1) is 14.0. The molecule has 0 radical (unpaired) electrons. The van der Waals surface area contributed by atoms with E-state index in [1.54, 1.807) is 24.3 Å². The van der Waals surface area contributed by atoms with Gasteiger partial charge in [-0.15, -0.1) is 10.2 Å². The van der Waals surface area contributed by atoms with E-state index in [0.717, 1.165) is 24.4 Å². The summed E-state index contributed by atoms with van der Waals surface area (Å²) in [6.07, 6.45) is 2.24. The third kappa shape index (κ3) is 4.24. The van der Waals surface area contributed by atoms with E-state index >= 15 is 0 Å². The van der Waals surface area contributed by atoms with Crippen LogP contribution in [-0.2, 0) is 4.79 Å². The van der Waals surface area contributed by atoms with Crippen molar-refractivity contribution in [3.05, 3.63) is 66.0 Å². The second-order valence-electron chi connectivity index (χ2n) is 7.14. The number of Topliss-reactive ketones (excluding diaryl/α,β-unsaturated/α-hetero) is 1. The van der Waals surface area contributed by atoms with E-state index in [9.17, 15) is 9.59 Å². The molecule has 1 amide bonds. The molecule has 2 aromatic carbocycles. The third-order valence-electron chi connectivity index (χ3n) is 4.83. The van der Waals surface area contributed by atoms with Crippen LogP contribution in [0.3, 0.4) is 0 Å². The molecule has 1 aromatic heterocycles. The van der Waals surface area contributed by atoms with Gasteiger partial charge in [0.05, 0.1) is 10.9 Å². The van der Waals surface area contributed by atoms with Crippen LogP contribution in [0.2, 0.25) is 0 Å². The van der Waals surface area contributed by atoms with Crippen molar-refractivity contribution in [1.29, 1.82) is 0 Å². The van der Waals surface area contributed by atoms with Crippen LogP contribution in [0.15, 0.2) is 59.8 Å². The molecular weight excluding hydrogens is 384 g/mol. The van der Waals surface area contributed by atoms with E-state index in [1.165, 1.54) is 18.7 Å². The number of carbonyl (C=O) groups excluding carboxylic acids is 2. The fourth-order valence-corrected chi connectivity index (χ4v) is 4.00. The van der Waals surface area contributed by atoms with Crippen LogP contribution in [0, 0.1) is 0 Å². The van der Waals surface area contributed by atoms with Crippen molar-refractivity contribution in [2.45, 2.75) is 43.0 Å². The van der Waals surface area contributed by atoms with Gasteiger partial charge in [-0.2, -0.15) is 0 Å². The highest BCUT2D eigenvalue weighted by Crippen LogP contribution is 2.41. The quantitative estimate of drug-likeness (QED) is 0.463. The number of amides is 1. The van der Waals surface area contributed by atoms with Gasteiger partial charge < -0.3 is 5.32 Å². The first-order valence-electron chi connectivity index (χ1n) is 9.63. The van der Waals surface area contributed by atoms with Gasteiger partial charge in [-0.05, 0) is 51.0 Å². The van der Waals surface area contributed by atoms with E-state index in [2.05, 4.69) is 20.1 Å². The maximum absolute atomic E-state index is 12.8. The molecule has 0 bridgehead atoms. The van der Waals surface area contributed by atoms with E-state index in [-0.39, 0.29) is 11.7 Å². The van der Waals surface area contributed by atoms with Gasteiger partial charge >= 0.3 is 0 Å². The molecule has 0 aliphatic heterocycles. The lowest BCUT2D eigenvalue weighted by Crippen LogP contribution is -2.24. The molecule has 1 fully saturated rings. The second kappa shape index (κ2) is 8.21. The average molecular weight is 407 g/mol. The summed E-state index contributed by atoms with van der Waals surface area (Å²) in [5.74, 6) is 1.12. The summed E-state index contributed by atoms with van der Waals surface area (Å²) in [4.78, 5) is 24.6. The van der Waals surface area contributed by atoms with Crippen molar-refractivity contribution in [2.75, 3.05) is 5.32 Å². The Morgan fingerprint density at radius 3 is 2.45 bits per heavy atom. The molecule has 1 aliphatic rings. The molecule has 0 unspecified atom stereocenters. The van der Waals surface area contributed by atoms with E-state index in [1.807, 2.05) is 37.3 Å². The van der Waals surface area contributed by atoms with E-state index < -0.39 is 5.25 Å². The summed E-state index contributed by atoms with van der Waals surface area (Å²) >= 11 is 1.37. The van der Waals surface area contributed by atoms with Crippen LogP contribution in [0.1, 0.15) is 48.8 Å². The molecule has 0 saturated heterocycles. The predicted octanol–water partition coefficient (Wildman–Crippen LogP) is 4.47. The summed E-state index contributed by atoms with van der Waals surface area (Å²) in [5.41, 5.74) is 2.03. The minimum Gasteiger partial charge on any atom is -0.324 e. The third-order valence-corrected chi connectivity index (χ3v) is 5.87. The van der Waals surface area contributed by atoms with Gasteiger partial charge in [0, 0.05) is 17.2 Å². The summed E-state index contributed by atoms with van der Waals surface area (Å²) < 4.78 is 2.05. The highest BCUT2D eigenvalue weighted by molar-refractivity contribution is 8.00. The molecular formula is C22H22N4O2S. The fourth-order valence-electron chi connectivity index (χ4n) is 3.13. The first-order valence-corrected chi connectivity index (χ1v) is 10.5. The zero-order chi connectivity index (χ0) is 20.4. The maximum atomic E-state index is 12.8. The Morgan fingerprint density at radius 1 is 1.07 bits per heavy atom. The summed E-state index contributed by atoms with van der Waals surface area (Å²) in [5, 5.41) is 11.9. The Labute approximate surface area is 173 Å². The van der Waals surface area contributed by atoms with Gasteiger partial charge in [0.2, 0.25) is 5.91 Å². The molecule has 1 atom stereocenters. The molecule has 7 heteroatoms. The maximum Gasteiger partial charge on any atom is 0.237 e. The Morgan fingerprint density at radius 2 is 1.76 bits per heavy atom. The molecule has 3 aromatic rings. The minimum absolute atomic E-state index is 0.0842. The number of rotatable bonds is 7. The lowest BCUT2D eigenvalue weighted by atomic mass is 10.1. The smallest absolute Gasteiger partial charge is 0.237 e. The number of para-hydroxylation sites is 2. The summed E-state index contributed by atoms with van der Waals surface area (Å²) in [7, 11) is 0. The van der Waals surface area contributed by atoms with Gasteiger partial charge in [0.1, 0.15) is 5.82 Å². The highest BCUT2D eigenvalue weighted by atomic mass is 32.2. The number of aromatic nitrogens is 3. The first kappa shape index (κ1) is 19.4. The lowest BCUT2D eigenvalue weighted by molar-refractivity contribution is -0.115. The van der Waals surface area contributed by atoms with Crippen LogP contribution in [-0.4, -0.2) is 31.7 Å².